The van der Waals surface area contributed by atoms with Crippen LogP contribution in [-0.4, -0.2) is 41.3 Å². The minimum Gasteiger partial charge on any atom is -0.372 e. The number of nitrogens with zero attached hydrogens (tertiary/aromatic N) is 4. The highest BCUT2D eigenvalue weighted by atomic mass is 35.5. The van der Waals surface area contributed by atoms with Crippen LogP contribution in [0.3, 0.4) is 0 Å². The zero-order chi connectivity index (χ0) is 21.8. The minimum atomic E-state index is 0.415. The number of benzene rings is 1. The summed E-state index contributed by atoms with van der Waals surface area (Å²) in [6, 6.07) is 10.5. The Kier molecular flexibility index (Phi) is 7.13. The molecule has 3 heterocycles. The first kappa shape index (κ1) is 22.1. The Morgan fingerprint density at radius 3 is 2.42 bits per heavy atom. The summed E-state index contributed by atoms with van der Waals surface area (Å²) in [4.78, 5) is 13.7. The van der Waals surface area contributed by atoms with Gasteiger partial charge in [0.25, 0.3) is 0 Å². The van der Waals surface area contributed by atoms with Crippen molar-refractivity contribution in [3.05, 3.63) is 41.0 Å². The number of anilines is 3. The number of piperidine rings is 1. The standard InChI is InChI=1S/C23H31ClN6S/c1-16-11-17(2)15-30(14-16)21-12-20(24)26-22(27-21)28-23(31)25-13-18-5-7-19(8-6-18)29-9-3-4-10-29/h5-8,12,16-17H,3-4,9-11,13-15H2,1-2H3,(H2,25,26,27,28,31)/t16-,17-/m0/s1. The molecule has 0 bridgehead atoms. The Balaban J connectivity index is 1.33. The van der Waals surface area contributed by atoms with E-state index in [0.29, 0.717) is 34.6 Å². The van der Waals surface area contributed by atoms with Crippen LogP contribution in [0.1, 0.15) is 38.7 Å². The van der Waals surface area contributed by atoms with Crippen LogP contribution >= 0.6 is 23.8 Å². The van der Waals surface area contributed by atoms with Crippen molar-refractivity contribution in [3.8, 4) is 0 Å². The third-order valence-corrected chi connectivity index (χ3v) is 6.40. The lowest BCUT2D eigenvalue weighted by Crippen LogP contribution is -2.39. The maximum Gasteiger partial charge on any atom is 0.232 e. The van der Waals surface area contributed by atoms with E-state index >= 15 is 0 Å². The lowest BCUT2D eigenvalue weighted by molar-refractivity contribution is 0.355. The van der Waals surface area contributed by atoms with Gasteiger partial charge in [-0.25, -0.2) is 4.98 Å². The summed E-state index contributed by atoms with van der Waals surface area (Å²) < 4.78 is 0. The molecular weight excluding hydrogens is 428 g/mol. The van der Waals surface area contributed by atoms with Gasteiger partial charge in [0.15, 0.2) is 5.11 Å². The normalized spacial score (nSPS) is 21.3. The van der Waals surface area contributed by atoms with Crippen molar-refractivity contribution in [2.24, 2.45) is 11.8 Å². The molecule has 8 heteroatoms. The summed E-state index contributed by atoms with van der Waals surface area (Å²) in [6.07, 6.45) is 3.81. The van der Waals surface area contributed by atoms with Crippen molar-refractivity contribution < 1.29 is 0 Å². The van der Waals surface area contributed by atoms with Crippen LogP contribution in [0.4, 0.5) is 17.5 Å². The van der Waals surface area contributed by atoms with Crippen LogP contribution in [0.5, 0.6) is 0 Å². The van der Waals surface area contributed by atoms with E-state index in [2.05, 4.69) is 68.5 Å². The SMILES string of the molecule is C[C@H]1C[C@H](C)CN(c2cc(Cl)nc(NC(=S)NCc3ccc(N4CCCC4)cc3)n2)C1. The number of hydrogen-bond donors (Lipinski definition) is 2. The van der Waals surface area contributed by atoms with Crippen molar-refractivity contribution in [1.82, 2.24) is 15.3 Å². The van der Waals surface area contributed by atoms with E-state index in [1.54, 1.807) is 0 Å². The third-order valence-electron chi connectivity index (χ3n) is 5.96. The highest BCUT2D eigenvalue weighted by molar-refractivity contribution is 7.80. The molecule has 2 aromatic rings. The van der Waals surface area contributed by atoms with E-state index in [1.807, 2.05) is 6.07 Å². The van der Waals surface area contributed by atoms with E-state index in [1.165, 1.54) is 30.5 Å². The Morgan fingerprint density at radius 2 is 1.74 bits per heavy atom. The average Bonchev–Trinajstić information content (AvgIpc) is 3.26. The van der Waals surface area contributed by atoms with Crippen molar-refractivity contribution in [1.29, 1.82) is 0 Å². The van der Waals surface area contributed by atoms with Gasteiger partial charge >= 0.3 is 0 Å². The highest BCUT2D eigenvalue weighted by Gasteiger charge is 2.23. The third kappa shape index (κ3) is 5.98. The van der Waals surface area contributed by atoms with Crippen LogP contribution < -0.4 is 20.4 Å². The van der Waals surface area contributed by atoms with Gasteiger partial charge in [-0.05, 0) is 61.0 Å². The molecule has 0 unspecified atom stereocenters. The van der Waals surface area contributed by atoms with Crippen LogP contribution in [0.2, 0.25) is 5.15 Å². The predicted octanol–water partition coefficient (Wildman–Crippen LogP) is 4.70. The molecule has 166 valence electrons. The first-order valence-electron chi connectivity index (χ1n) is 11.1. The lowest BCUT2D eigenvalue weighted by atomic mass is 9.92. The quantitative estimate of drug-likeness (QED) is 0.497. The highest BCUT2D eigenvalue weighted by Crippen LogP contribution is 2.27. The van der Waals surface area contributed by atoms with Gasteiger partial charge in [-0.3, -0.25) is 0 Å². The molecule has 4 rings (SSSR count). The van der Waals surface area contributed by atoms with Crippen LogP contribution in [0.15, 0.2) is 30.3 Å². The summed E-state index contributed by atoms with van der Waals surface area (Å²) in [5.41, 5.74) is 2.47. The van der Waals surface area contributed by atoms with Crippen molar-refractivity contribution in [2.75, 3.05) is 41.3 Å². The van der Waals surface area contributed by atoms with E-state index in [9.17, 15) is 0 Å². The molecule has 31 heavy (non-hydrogen) atoms. The molecule has 2 N–H and O–H groups in total. The fourth-order valence-electron chi connectivity index (χ4n) is 4.60. The van der Waals surface area contributed by atoms with Gasteiger partial charge in [-0.2, -0.15) is 4.98 Å². The van der Waals surface area contributed by atoms with Gasteiger partial charge < -0.3 is 20.4 Å². The Morgan fingerprint density at radius 1 is 1.06 bits per heavy atom. The second kappa shape index (κ2) is 10.0. The number of thiocarbonyl (C=S) groups is 1. The molecule has 0 amide bonds. The van der Waals surface area contributed by atoms with Crippen LogP contribution in [0, 0.1) is 11.8 Å². The molecule has 0 aliphatic carbocycles. The fraction of sp³-hybridized carbons (Fsp3) is 0.522. The fourth-order valence-corrected chi connectivity index (χ4v) is 4.94. The summed E-state index contributed by atoms with van der Waals surface area (Å²) in [6.45, 7) is 9.47. The zero-order valence-electron chi connectivity index (χ0n) is 18.3. The summed E-state index contributed by atoms with van der Waals surface area (Å²) in [5.74, 6) is 2.54. The average molecular weight is 459 g/mol. The van der Waals surface area contributed by atoms with Crippen molar-refractivity contribution in [3.63, 3.8) is 0 Å². The Labute approximate surface area is 195 Å². The van der Waals surface area contributed by atoms with E-state index < -0.39 is 0 Å². The van der Waals surface area contributed by atoms with Crippen LogP contribution in [0.25, 0.3) is 0 Å². The predicted molar refractivity (Wildman–Crippen MR) is 133 cm³/mol. The number of nitrogens with one attached hydrogen (secondary N) is 2. The van der Waals surface area contributed by atoms with Gasteiger partial charge in [0.1, 0.15) is 11.0 Å². The lowest BCUT2D eigenvalue weighted by Gasteiger charge is -2.35. The number of halogens is 1. The van der Waals surface area contributed by atoms with Gasteiger partial charge in [-0.1, -0.05) is 37.6 Å². The van der Waals surface area contributed by atoms with Crippen molar-refractivity contribution in [2.45, 2.75) is 39.7 Å². The molecular formula is C23H31ClN6S. The summed E-state index contributed by atoms with van der Waals surface area (Å²) in [5, 5.41) is 7.23. The van der Waals surface area contributed by atoms with Gasteiger partial charge in [-0.15, -0.1) is 0 Å². The molecule has 1 aromatic heterocycles. The summed E-state index contributed by atoms with van der Waals surface area (Å²) >= 11 is 11.7. The molecule has 0 saturated carbocycles. The monoisotopic (exact) mass is 458 g/mol. The molecule has 0 spiro atoms. The Bertz CT molecular complexity index is 889. The van der Waals surface area contributed by atoms with E-state index in [4.69, 9.17) is 23.8 Å². The van der Waals surface area contributed by atoms with Gasteiger partial charge in [0.05, 0.1) is 0 Å². The number of rotatable bonds is 5. The summed E-state index contributed by atoms with van der Waals surface area (Å²) in [7, 11) is 0. The minimum absolute atomic E-state index is 0.415. The van der Waals surface area contributed by atoms with Crippen molar-refractivity contribution >= 4 is 46.4 Å². The number of hydrogen-bond acceptors (Lipinski definition) is 5. The number of aromatic nitrogens is 2. The molecule has 1 aromatic carbocycles. The molecule has 2 aliphatic rings. The molecule has 0 radical (unpaired) electrons. The first-order valence-corrected chi connectivity index (χ1v) is 11.9. The van der Waals surface area contributed by atoms with Gasteiger partial charge in [0.2, 0.25) is 5.95 Å². The molecule has 2 saturated heterocycles. The smallest absolute Gasteiger partial charge is 0.232 e. The molecule has 2 aliphatic heterocycles. The zero-order valence-corrected chi connectivity index (χ0v) is 19.8. The maximum absolute atomic E-state index is 6.28. The van der Waals surface area contributed by atoms with Crippen LogP contribution in [-0.2, 0) is 6.54 Å². The van der Waals surface area contributed by atoms with Gasteiger partial charge in [0, 0.05) is 44.5 Å². The topological polar surface area (TPSA) is 56.3 Å². The molecule has 2 atom stereocenters. The first-order chi connectivity index (χ1) is 15.0. The van der Waals surface area contributed by atoms with E-state index in [-0.39, 0.29) is 0 Å². The second-order valence-corrected chi connectivity index (χ2v) is 9.69. The van der Waals surface area contributed by atoms with E-state index in [0.717, 1.165) is 32.0 Å². The second-order valence-electron chi connectivity index (χ2n) is 8.89. The molecule has 6 nitrogen and oxygen atoms in total. The largest absolute Gasteiger partial charge is 0.372 e. The maximum atomic E-state index is 6.28. The Hall–Kier alpha value is -2.12. The molecule has 2 fully saturated rings.